The molecule has 0 aromatic carbocycles. The maximum absolute atomic E-state index is 12.1. The van der Waals surface area contributed by atoms with Crippen molar-refractivity contribution in [3.63, 3.8) is 0 Å². The van der Waals surface area contributed by atoms with Gasteiger partial charge in [0.15, 0.2) is 0 Å². The summed E-state index contributed by atoms with van der Waals surface area (Å²) in [5.74, 6) is -2.85. The first-order valence-electron chi connectivity index (χ1n) is 8.62. The maximum atomic E-state index is 12.1. The van der Waals surface area contributed by atoms with Gasteiger partial charge in [-0.05, 0) is 43.9 Å². The standard InChI is InChI=1S/C18H25N3O2/c1-3-5-17(6-4-2)7-9-18(10-8-17)13(11-19)15(22)21-16(23)14(18)12-20/h13-14H,3-10H2,1-2H3,(H,21,22,23). The van der Waals surface area contributed by atoms with Crippen LogP contribution in [0.3, 0.4) is 0 Å². The lowest BCUT2D eigenvalue weighted by molar-refractivity contribution is -0.148. The van der Waals surface area contributed by atoms with Crippen LogP contribution < -0.4 is 5.32 Å². The molecule has 2 unspecified atom stereocenters. The van der Waals surface area contributed by atoms with E-state index in [1.54, 1.807) is 0 Å². The highest BCUT2D eigenvalue weighted by Gasteiger charge is 2.58. The molecule has 5 nitrogen and oxygen atoms in total. The van der Waals surface area contributed by atoms with Gasteiger partial charge in [0.1, 0.15) is 11.8 Å². The number of rotatable bonds is 4. The zero-order valence-electron chi connectivity index (χ0n) is 14.0. The second kappa shape index (κ2) is 6.71. The van der Waals surface area contributed by atoms with E-state index in [0.717, 1.165) is 38.5 Å². The lowest BCUT2D eigenvalue weighted by atomic mass is 9.52. The normalized spacial score (nSPS) is 28.7. The van der Waals surface area contributed by atoms with Crippen LogP contribution in [0, 0.1) is 45.3 Å². The molecule has 1 saturated carbocycles. The average Bonchev–Trinajstić information content (AvgIpc) is 2.51. The first-order chi connectivity index (χ1) is 11.0. The summed E-state index contributed by atoms with van der Waals surface area (Å²) in [4.78, 5) is 24.2. The van der Waals surface area contributed by atoms with E-state index < -0.39 is 29.1 Å². The van der Waals surface area contributed by atoms with Gasteiger partial charge in [-0.25, -0.2) is 0 Å². The third-order valence-corrected chi connectivity index (χ3v) is 5.98. The monoisotopic (exact) mass is 315 g/mol. The summed E-state index contributed by atoms with van der Waals surface area (Å²) < 4.78 is 0. The first-order valence-corrected chi connectivity index (χ1v) is 8.62. The van der Waals surface area contributed by atoms with Gasteiger partial charge in [-0.15, -0.1) is 0 Å². The predicted octanol–water partition coefficient (Wildman–Crippen LogP) is 3.07. The summed E-state index contributed by atoms with van der Waals surface area (Å²) in [6.07, 6.45) is 7.49. The van der Waals surface area contributed by atoms with Crippen LogP contribution in [-0.2, 0) is 9.59 Å². The highest BCUT2D eigenvalue weighted by Crippen LogP contribution is 2.57. The Balaban J connectivity index is 2.33. The van der Waals surface area contributed by atoms with Crippen molar-refractivity contribution in [3.8, 4) is 12.1 Å². The van der Waals surface area contributed by atoms with Gasteiger partial charge in [0, 0.05) is 5.41 Å². The fourth-order valence-electron chi connectivity index (χ4n) is 4.84. The van der Waals surface area contributed by atoms with E-state index in [9.17, 15) is 20.1 Å². The zero-order chi connectivity index (χ0) is 17.1. The minimum absolute atomic E-state index is 0.242. The van der Waals surface area contributed by atoms with Gasteiger partial charge in [0.05, 0.1) is 12.1 Å². The zero-order valence-corrected chi connectivity index (χ0v) is 14.0. The molecule has 5 heteroatoms. The molecule has 1 aliphatic carbocycles. The average molecular weight is 315 g/mol. The predicted molar refractivity (Wildman–Crippen MR) is 84.5 cm³/mol. The first kappa shape index (κ1) is 17.5. The highest BCUT2D eigenvalue weighted by atomic mass is 16.2. The Kier molecular flexibility index (Phi) is 5.09. The molecule has 1 heterocycles. The molecule has 0 aromatic heterocycles. The third kappa shape index (κ3) is 2.85. The third-order valence-electron chi connectivity index (χ3n) is 5.98. The van der Waals surface area contributed by atoms with Crippen LogP contribution in [0.4, 0.5) is 0 Å². The van der Waals surface area contributed by atoms with Crippen LogP contribution in [-0.4, -0.2) is 11.8 Å². The van der Waals surface area contributed by atoms with Crippen molar-refractivity contribution in [1.82, 2.24) is 5.32 Å². The molecule has 2 amide bonds. The van der Waals surface area contributed by atoms with Gasteiger partial charge in [0.2, 0.25) is 11.8 Å². The molecule has 1 saturated heterocycles. The van der Waals surface area contributed by atoms with Gasteiger partial charge in [0.25, 0.3) is 0 Å². The van der Waals surface area contributed by atoms with Crippen molar-refractivity contribution in [1.29, 1.82) is 10.5 Å². The lowest BCUT2D eigenvalue weighted by Crippen LogP contribution is -2.59. The summed E-state index contributed by atoms with van der Waals surface area (Å²) in [7, 11) is 0. The van der Waals surface area contributed by atoms with Crippen molar-refractivity contribution in [3.05, 3.63) is 0 Å². The molecule has 1 spiro atoms. The van der Waals surface area contributed by atoms with Crippen molar-refractivity contribution >= 4 is 11.8 Å². The fourth-order valence-corrected chi connectivity index (χ4v) is 4.84. The molecule has 1 aliphatic heterocycles. The fraction of sp³-hybridized carbons (Fsp3) is 0.778. The lowest BCUT2D eigenvalue weighted by Gasteiger charge is -2.51. The molecule has 2 atom stereocenters. The van der Waals surface area contributed by atoms with E-state index in [2.05, 4.69) is 31.3 Å². The van der Waals surface area contributed by atoms with Crippen LogP contribution in [0.15, 0.2) is 0 Å². The molecule has 2 aliphatic rings. The Morgan fingerprint density at radius 2 is 1.39 bits per heavy atom. The number of hydrogen-bond acceptors (Lipinski definition) is 4. The number of nitrogens with one attached hydrogen (secondary N) is 1. The van der Waals surface area contributed by atoms with Crippen molar-refractivity contribution in [2.45, 2.75) is 65.2 Å². The number of amides is 2. The minimum Gasteiger partial charge on any atom is -0.294 e. The van der Waals surface area contributed by atoms with Crippen LogP contribution >= 0.6 is 0 Å². The Morgan fingerprint density at radius 1 is 0.957 bits per heavy atom. The molecular formula is C18H25N3O2. The molecule has 124 valence electrons. The smallest absolute Gasteiger partial charge is 0.244 e. The second-order valence-corrected chi connectivity index (χ2v) is 7.21. The van der Waals surface area contributed by atoms with Crippen molar-refractivity contribution in [2.75, 3.05) is 0 Å². The van der Waals surface area contributed by atoms with Crippen LogP contribution in [0.1, 0.15) is 65.2 Å². The second-order valence-electron chi connectivity index (χ2n) is 7.21. The van der Waals surface area contributed by atoms with E-state index in [4.69, 9.17) is 0 Å². The summed E-state index contributed by atoms with van der Waals surface area (Å²) in [6, 6.07) is 4.15. The number of nitriles is 2. The van der Waals surface area contributed by atoms with Crippen LogP contribution in [0.5, 0.6) is 0 Å². The van der Waals surface area contributed by atoms with Gasteiger partial charge < -0.3 is 0 Å². The van der Waals surface area contributed by atoms with Gasteiger partial charge in [-0.2, -0.15) is 10.5 Å². The highest BCUT2D eigenvalue weighted by molar-refractivity contribution is 6.03. The minimum atomic E-state index is -0.897. The van der Waals surface area contributed by atoms with Gasteiger partial charge in [-0.1, -0.05) is 26.7 Å². The largest absolute Gasteiger partial charge is 0.294 e. The number of piperidine rings is 1. The van der Waals surface area contributed by atoms with E-state index in [0.29, 0.717) is 12.8 Å². The number of carbonyl (C=O) groups excluding carboxylic acids is 2. The van der Waals surface area contributed by atoms with E-state index in [1.807, 2.05) is 0 Å². The van der Waals surface area contributed by atoms with Crippen molar-refractivity contribution < 1.29 is 9.59 Å². The number of hydrogen-bond donors (Lipinski definition) is 1. The quantitative estimate of drug-likeness (QED) is 0.807. The SMILES string of the molecule is CCCC1(CCC)CCC2(CC1)C(C#N)C(=O)NC(=O)C2C#N. The molecule has 2 rings (SSSR count). The molecular weight excluding hydrogens is 290 g/mol. The summed E-state index contributed by atoms with van der Waals surface area (Å²) in [5, 5.41) is 21.2. The maximum Gasteiger partial charge on any atom is 0.244 e. The summed E-state index contributed by atoms with van der Waals surface area (Å²) in [6.45, 7) is 4.35. The molecule has 2 fully saturated rings. The van der Waals surface area contributed by atoms with Crippen molar-refractivity contribution in [2.24, 2.45) is 22.7 Å². The number of nitrogens with zero attached hydrogens (tertiary/aromatic N) is 2. The van der Waals surface area contributed by atoms with E-state index >= 15 is 0 Å². The molecule has 0 radical (unpaired) electrons. The van der Waals surface area contributed by atoms with Crippen LogP contribution in [0.25, 0.3) is 0 Å². The summed E-state index contributed by atoms with van der Waals surface area (Å²) in [5.41, 5.74) is -0.556. The molecule has 0 bridgehead atoms. The Hall–Kier alpha value is -1.88. The van der Waals surface area contributed by atoms with Crippen LogP contribution in [0.2, 0.25) is 0 Å². The van der Waals surface area contributed by atoms with Gasteiger partial charge >= 0.3 is 0 Å². The Bertz CT molecular complexity index is 520. The van der Waals surface area contributed by atoms with E-state index in [1.165, 1.54) is 0 Å². The Labute approximate surface area is 138 Å². The topological polar surface area (TPSA) is 93.8 Å². The molecule has 0 aromatic rings. The Morgan fingerprint density at radius 3 is 1.74 bits per heavy atom. The summed E-state index contributed by atoms with van der Waals surface area (Å²) >= 11 is 0. The molecule has 1 N–H and O–H groups in total. The van der Waals surface area contributed by atoms with E-state index in [-0.39, 0.29) is 5.41 Å². The molecule has 23 heavy (non-hydrogen) atoms. The number of imide groups is 1. The van der Waals surface area contributed by atoms with Gasteiger partial charge in [-0.3, -0.25) is 14.9 Å². The number of carbonyl (C=O) groups is 2.